The Morgan fingerprint density at radius 3 is 2.39 bits per heavy atom. The summed E-state index contributed by atoms with van der Waals surface area (Å²) in [5.41, 5.74) is 1.36. The normalized spacial score (nSPS) is 10.8. The zero-order valence-electron chi connectivity index (χ0n) is 12.2. The Balaban J connectivity index is 0.000000136. The van der Waals surface area contributed by atoms with Crippen LogP contribution in [0.3, 0.4) is 0 Å². The van der Waals surface area contributed by atoms with Crippen molar-refractivity contribution in [2.45, 2.75) is 13.8 Å². The molecule has 0 aliphatic carbocycles. The molecule has 0 atom stereocenters. The Morgan fingerprint density at radius 2 is 1.61 bits per heavy atom. The van der Waals surface area contributed by atoms with Crippen molar-refractivity contribution in [3.63, 3.8) is 0 Å². The molecule has 4 aromatic rings. The number of thiazole rings is 2. The van der Waals surface area contributed by atoms with Crippen LogP contribution in [0.4, 0.5) is 8.78 Å². The number of benzene rings is 2. The third kappa shape index (κ3) is 3.73. The van der Waals surface area contributed by atoms with Crippen LogP contribution in [0.5, 0.6) is 0 Å². The highest BCUT2D eigenvalue weighted by Gasteiger charge is 2.07. The van der Waals surface area contributed by atoms with E-state index in [9.17, 15) is 8.78 Å². The lowest BCUT2D eigenvalue weighted by Gasteiger charge is -1.90. The molecule has 2 aromatic heterocycles. The van der Waals surface area contributed by atoms with Crippen LogP contribution in [0.2, 0.25) is 0 Å². The summed E-state index contributed by atoms with van der Waals surface area (Å²) in [4.78, 5) is 8.28. The monoisotopic (exact) mass is 412 g/mol. The van der Waals surface area contributed by atoms with E-state index in [2.05, 4.69) is 32.0 Å². The molecule has 0 radical (unpaired) electrons. The van der Waals surface area contributed by atoms with Gasteiger partial charge in [-0.05, 0) is 38.1 Å². The number of hydrogen-bond acceptors (Lipinski definition) is 4. The molecule has 0 N–H and O–H groups in total. The van der Waals surface area contributed by atoms with Crippen molar-refractivity contribution in [2.75, 3.05) is 0 Å². The Morgan fingerprint density at radius 1 is 0.913 bits per heavy atom. The molecule has 118 valence electrons. The topological polar surface area (TPSA) is 25.8 Å². The van der Waals surface area contributed by atoms with Crippen LogP contribution in [0.25, 0.3) is 20.4 Å². The van der Waals surface area contributed by atoms with Crippen molar-refractivity contribution < 1.29 is 8.78 Å². The van der Waals surface area contributed by atoms with Crippen LogP contribution in [0, 0.1) is 25.5 Å². The van der Waals surface area contributed by atoms with Gasteiger partial charge < -0.3 is 0 Å². The van der Waals surface area contributed by atoms with Gasteiger partial charge in [-0.3, -0.25) is 0 Å². The summed E-state index contributed by atoms with van der Waals surface area (Å²) < 4.78 is 28.5. The SMILES string of the molecule is Cc1nc2c(F)cc(F)cc2s1.Cc1nc2ccc(Br)cc2s1. The zero-order valence-corrected chi connectivity index (χ0v) is 15.5. The average Bonchev–Trinajstić information content (AvgIpc) is 3.00. The Bertz CT molecular complexity index is 994. The minimum atomic E-state index is -0.589. The van der Waals surface area contributed by atoms with E-state index in [1.165, 1.54) is 22.1 Å². The van der Waals surface area contributed by atoms with Gasteiger partial charge in [-0.25, -0.2) is 18.7 Å². The summed E-state index contributed by atoms with van der Waals surface area (Å²) in [5, 5.41) is 1.87. The molecule has 4 rings (SSSR count). The number of rotatable bonds is 0. The Kier molecular flexibility index (Phi) is 4.70. The second kappa shape index (κ2) is 6.59. The van der Waals surface area contributed by atoms with Crippen LogP contribution in [0.15, 0.2) is 34.8 Å². The number of fused-ring (bicyclic) bond motifs is 2. The number of halogens is 3. The van der Waals surface area contributed by atoms with Crippen molar-refractivity contribution >= 4 is 59.0 Å². The summed E-state index contributed by atoms with van der Waals surface area (Å²) in [7, 11) is 0. The van der Waals surface area contributed by atoms with Crippen molar-refractivity contribution in [1.29, 1.82) is 0 Å². The molecular weight excluding hydrogens is 402 g/mol. The van der Waals surface area contributed by atoms with Gasteiger partial charge in [0, 0.05) is 10.5 Å². The lowest BCUT2D eigenvalue weighted by molar-refractivity contribution is 0.591. The number of hydrogen-bond donors (Lipinski definition) is 0. The van der Waals surface area contributed by atoms with Crippen LogP contribution >= 0.6 is 38.6 Å². The molecule has 7 heteroatoms. The van der Waals surface area contributed by atoms with Crippen LogP contribution in [0.1, 0.15) is 10.0 Å². The van der Waals surface area contributed by atoms with Crippen molar-refractivity contribution in [1.82, 2.24) is 9.97 Å². The quantitative estimate of drug-likeness (QED) is 0.341. The maximum absolute atomic E-state index is 13.0. The maximum atomic E-state index is 13.0. The molecule has 0 aliphatic heterocycles. The first-order chi connectivity index (χ1) is 10.9. The number of aryl methyl sites for hydroxylation is 2. The third-order valence-corrected chi connectivity index (χ3v) is 5.32. The molecule has 0 amide bonds. The molecule has 0 saturated carbocycles. The standard InChI is InChI=1S/C8H6BrNS.C8H5F2NS/c1-5-10-7-3-2-6(9)4-8(7)11-5;1-4-11-8-6(10)2-5(9)3-7(8)12-4/h2-4H,1H3;2-3H,1H3. The van der Waals surface area contributed by atoms with E-state index in [0.29, 0.717) is 4.70 Å². The fourth-order valence-electron chi connectivity index (χ4n) is 2.08. The molecule has 0 bridgehead atoms. The fourth-order valence-corrected chi connectivity index (χ4v) is 4.33. The molecule has 0 saturated heterocycles. The molecule has 2 nitrogen and oxygen atoms in total. The molecule has 2 aromatic carbocycles. The second-order valence-electron chi connectivity index (χ2n) is 4.81. The van der Waals surface area contributed by atoms with Gasteiger partial charge in [-0.1, -0.05) is 15.9 Å². The van der Waals surface area contributed by atoms with Gasteiger partial charge in [0.05, 0.1) is 24.9 Å². The van der Waals surface area contributed by atoms with Crippen LogP contribution in [-0.2, 0) is 0 Å². The first-order valence-corrected chi connectivity index (χ1v) is 9.10. The zero-order chi connectivity index (χ0) is 16.6. The summed E-state index contributed by atoms with van der Waals surface area (Å²) in [6.45, 7) is 3.79. The first kappa shape index (κ1) is 16.4. The fraction of sp³-hybridized carbons (Fsp3) is 0.125. The lowest BCUT2D eigenvalue weighted by Crippen LogP contribution is -1.80. The maximum Gasteiger partial charge on any atom is 0.153 e. The largest absolute Gasteiger partial charge is 0.242 e. The molecule has 0 spiro atoms. The minimum absolute atomic E-state index is 0.263. The van der Waals surface area contributed by atoms with Gasteiger partial charge in [-0.15, -0.1) is 22.7 Å². The molecular formula is C16H11BrF2N2S2. The van der Waals surface area contributed by atoms with E-state index in [4.69, 9.17) is 0 Å². The van der Waals surface area contributed by atoms with Crippen LogP contribution < -0.4 is 0 Å². The van der Waals surface area contributed by atoms with E-state index in [0.717, 1.165) is 26.1 Å². The van der Waals surface area contributed by atoms with Crippen molar-refractivity contribution in [3.05, 3.63) is 56.5 Å². The van der Waals surface area contributed by atoms with Gasteiger partial charge in [-0.2, -0.15) is 0 Å². The highest BCUT2D eigenvalue weighted by atomic mass is 79.9. The molecule has 0 fully saturated rings. The van der Waals surface area contributed by atoms with E-state index in [-0.39, 0.29) is 5.52 Å². The smallest absolute Gasteiger partial charge is 0.153 e. The number of aromatic nitrogens is 2. The molecule has 23 heavy (non-hydrogen) atoms. The summed E-state index contributed by atoms with van der Waals surface area (Å²) >= 11 is 6.44. The van der Waals surface area contributed by atoms with Crippen molar-refractivity contribution in [2.24, 2.45) is 0 Å². The predicted molar refractivity (Wildman–Crippen MR) is 96.3 cm³/mol. The first-order valence-electron chi connectivity index (χ1n) is 6.67. The summed E-state index contributed by atoms with van der Waals surface area (Å²) in [6.07, 6.45) is 0. The average molecular weight is 413 g/mol. The number of nitrogens with zero attached hydrogens (tertiary/aromatic N) is 2. The lowest BCUT2D eigenvalue weighted by atomic mass is 10.3. The van der Waals surface area contributed by atoms with Gasteiger partial charge in [0.15, 0.2) is 5.82 Å². The Labute approximate surface area is 148 Å². The predicted octanol–water partition coefficient (Wildman–Crippen LogP) is 6.25. The van der Waals surface area contributed by atoms with E-state index >= 15 is 0 Å². The van der Waals surface area contributed by atoms with Crippen LogP contribution in [-0.4, -0.2) is 9.97 Å². The molecule has 0 unspecified atom stereocenters. The van der Waals surface area contributed by atoms with Gasteiger partial charge in [0.2, 0.25) is 0 Å². The van der Waals surface area contributed by atoms with E-state index in [1.807, 2.05) is 19.1 Å². The minimum Gasteiger partial charge on any atom is -0.242 e. The Hall–Kier alpha value is -1.44. The van der Waals surface area contributed by atoms with Gasteiger partial charge in [0.25, 0.3) is 0 Å². The van der Waals surface area contributed by atoms with Gasteiger partial charge >= 0.3 is 0 Å². The highest BCUT2D eigenvalue weighted by molar-refractivity contribution is 9.10. The molecule has 2 heterocycles. The van der Waals surface area contributed by atoms with E-state index in [1.54, 1.807) is 18.3 Å². The molecule has 0 aliphatic rings. The third-order valence-electron chi connectivity index (χ3n) is 2.98. The second-order valence-corrected chi connectivity index (χ2v) is 8.20. The summed E-state index contributed by atoms with van der Waals surface area (Å²) in [6, 6.07) is 8.29. The highest BCUT2D eigenvalue weighted by Crippen LogP contribution is 2.25. The van der Waals surface area contributed by atoms with Crippen molar-refractivity contribution in [3.8, 4) is 0 Å². The van der Waals surface area contributed by atoms with Gasteiger partial charge in [0.1, 0.15) is 11.3 Å². The summed E-state index contributed by atoms with van der Waals surface area (Å²) in [5.74, 6) is -1.14. The van der Waals surface area contributed by atoms with E-state index < -0.39 is 11.6 Å².